The van der Waals surface area contributed by atoms with Crippen LogP contribution in [0.5, 0.6) is 11.5 Å². The van der Waals surface area contributed by atoms with Crippen molar-refractivity contribution in [3.63, 3.8) is 0 Å². The summed E-state index contributed by atoms with van der Waals surface area (Å²) in [6, 6.07) is 6.84. The van der Waals surface area contributed by atoms with Gasteiger partial charge in [-0.15, -0.1) is 0 Å². The van der Waals surface area contributed by atoms with E-state index in [1.807, 2.05) is 6.92 Å². The molecule has 0 radical (unpaired) electrons. The average Bonchev–Trinajstić information content (AvgIpc) is 2.08. The van der Waals surface area contributed by atoms with E-state index in [4.69, 9.17) is 19.0 Å². The Morgan fingerprint density at radius 1 is 1.23 bits per heavy atom. The minimum atomic E-state index is -2.38. The SMILES string of the molecule is CCOc1ccccc1OP(O)O. The van der Waals surface area contributed by atoms with Crippen LogP contribution < -0.4 is 9.26 Å². The minimum Gasteiger partial charge on any atom is -0.490 e. The molecule has 0 aliphatic carbocycles. The number of hydrogen-bond acceptors (Lipinski definition) is 4. The molecule has 0 saturated carbocycles. The number of para-hydroxylation sites is 2. The lowest BCUT2D eigenvalue weighted by atomic mass is 10.3. The van der Waals surface area contributed by atoms with E-state index in [0.29, 0.717) is 18.1 Å². The van der Waals surface area contributed by atoms with Crippen LogP contribution in [0.1, 0.15) is 6.92 Å². The fourth-order valence-corrected chi connectivity index (χ4v) is 1.22. The van der Waals surface area contributed by atoms with Crippen molar-refractivity contribution in [1.29, 1.82) is 0 Å². The third-order valence-corrected chi connectivity index (χ3v) is 1.69. The van der Waals surface area contributed by atoms with Gasteiger partial charge in [0.2, 0.25) is 0 Å². The summed E-state index contributed by atoms with van der Waals surface area (Å²) in [6.07, 6.45) is 0. The molecule has 0 fully saturated rings. The lowest BCUT2D eigenvalue weighted by Gasteiger charge is -2.10. The summed E-state index contributed by atoms with van der Waals surface area (Å²) in [5.41, 5.74) is 0. The first-order chi connectivity index (χ1) is 6.24. The van der Waals surface area contributed by atoms with Gasteiger partial charge in [-0.1, -0.05) is 12.1 Å². The Balaban J connectivity index is 2.78. The average molecular weight is 202 g/mol. The molecule has 0 aliphatic rings. The molecule has 0 saturated heterocycles. The van der Waals surface area contributed by atoms with Gasteiger partial charge in [-0.3, -0.25) is 0 Å². The van der Waals surface area contributed by atoms with Gasteiger partial charge in [0.25, 0.3) is 0 Å². The second kappa shape index (κ2) is 5.02. The lowest BCUT2D eigenvalue weighted by molar-refractivity contribution is 0.316. The molecule has 0 atom stereocenters. The van der Waals surface area contributed by atoms with E-state index in [0.717, 1.165) is 0 Å². The van der Waals surface area contributed by atoms with E-state index < -0.39 is 8.60 Å². The van der Waals surface area contributed by atoms with Crippen molar-refractivity contribution in [3.05, 3.63) is 24.3 Å². The maximum atomic E-state index is 8.64. The quantitative estimate of drug-likeness (QED) is 0.729. The van der Waals surface area contributed by atoms with Crippen molar-refractivity contribution >= 4 is 8.60 Å². The van der Waals surface area contributed by atoms with Crippen LogP contribution in [0.3, 0.4) is 0 Å². The van der Waals surface area contributed by atoms with Gasteiger partial charge in [-0.05, 0) is 19.1 Å². The summed E-state index contributed by atoms with van der Waals surface area (Å²) in [4.78, 5) is 17.3. The Morgan fingerprint density at radius 2 is 1.85 bits per heavy atom. The molecule has 13 heavy (non-hydrogen) atoms. The van der Waals surface area contributed by atoms with Gasteiger partial charge in [0, 0.05) is 0 Å². The zero-order valence-corrected chi connectivity index (χ0v) is 8.07. The Kier molecular flexibility index (Phi) is 3.96. The molecule has 0 unspecified atom stereocenters. The summed E-state index contributed by atoms with van der Waals surface area (Å²) in [5, 5.41) is 0. The molecule has 0 spiro atoms. The molecule has 0 aromatic heterocycles. The van der Waals surface area contributed by atoms with E-state index in [2.05, 4.69) is 0 Å². The van der Waals surface area contributed by atoms with E-state index in [9.17, 15) is 0 Å². The van der Waals surface area contributed by atoms with Gasteiger partial charge in [-0.25, -0.2) is 0 Å². The maximum Gasteiger partial charge on any atom is 0.391 e. The molecule has 0 bridgehead atoms. The highest BCUT2D eigenvalue weighted by atomic mass is 31.2. The zero-order valence-electron chi connectivity index (χ0n) is 7.17. The van der Waals surface area contributed by atoms with Crippen LogP contribution >= 0.6 is 8.60 Å². The van der Waals surface area contributed by atoms with Crippen LogP contribution in [-0.4, -0.2) is 16.4 Å². The monoisotopic (exact) mass is 202 g/mol. The molecule has 0 aliphatic heterocycles. The number of rotatable bonds is 4. The largest absolute Gasteiger partial charge is 0.490 e. The summed E-state index contributed by atoms with van der Waals surface area (Å²) < 4.78 is 9.95. The van der Waals surface area contributed by atoms with Crippen LogP contribution in [0.2, 0.25) is 0 Å². The second-order valence-electron chi connectivity index (χ2n) is 2.22. The third kappa shape index (κ3) is 3.19. The van der Waals surface area contributed by atoms with Gasteiger partial charge in [-0.2, -0.15) is 0 Å². The maximum absolute atomic E-state index is 8.64. The van der Waals surface area contributed by atoms with Crippen molar-refractivity contribution in [1.82, 2.24) is 0 Å². The molecule has 2 N–H and O–H groups in total. The zero-order chi connectivity index (χ0) is 9.68. The predicted molar refractivity (Wildman–Crippen MR) is 49.6 cm³/mol. The van der Waals surface area contributed by atoms with Gasteiger partial charge < -0.3 is 19.0 Å². The van der Waals surface area contributed by atoms with E-state index in [-0.39, 0.29) is 0 Å². The molecular formula is C8H11O4P. The van der Waals surface area contributed by atoms with Gasteiger partial charge >= 0.3 is 8.60 Å². The third-order valence-electron chi connectivity index (χ3n) is 1.33. The standard InChI is InChI=1S/C8H11O4P/c1-2-11-7-5-3-4-6-8(7)12-13(9)10/h3-6,9-10H,2H2,1H3. The summed E-state index contributed by atoms with van der Waals surface area (Å²) in [6.45, 7) is 2.35. The smallest absolute Gasteiger partial charge is 0.391 e. The Hall–Kier alpha value is -0.830. The number of benzene rings is 1. The van der Waals surface area contributed by atoms with Crippen LogP contribution in [0.15, 0.2) is 24.3 Å². The summed E-state index contributed by atoms with van der Waals surface area (Å²) >= 11 is 0. The topological polar surface area (TPSA) is 58.9 Å². The van der Waals surface area contributed by atoms with Crippen LogP contribution in [-0.2, 0) is 0 Å². The fraction of sp³-hybridized carbons (Fsp3) is 0.250. The molecule has 1 aromatic carbocycles. The molecule has 4 nitrogen and oxygen atoms in total. The highest BCUT2D eigenvalue weighted by Gasteiger charge is 2.07. The molecular weight excluding hydrogens is 191 g/mol. The van der Waals surface area contributed by atoms with Crippen molar-refractivity contribution in [2.45, 2.75) is 6.92 Å². The Labute approximate surface area is 77.7 Å². The Bertz CT molecular complexity index is 264. The van der Waals surface area contributed by atoms with Crippen LogP contribution in [0.4, 0.5) is 0 Å². The van der Waals surface area contributed by atoms with E-state index in [1.54, 1.807) is 24.3 Å². The van der Waals surface area contributed by atoms with E-state index in [1.165, 1.54) is 0 Å². The van der Waals surface area contributed by atoms with Crippen molar-refractivity contribution < 1.29 is 19.0 Å². The highest BCUT2D eigenvalue weighted by Crippen LogP contribution is 2.35. The molecule has 1 aromatic rings. The van der Waals surface area contributed by atoms with Gasteiger partial charge in [0.1, 0.15) is 0 Å². The second-order valence-corrected chi connectivity index (χ2v) is 2.91. The van der Waals surface area contributed by atoms with Gasteiger partial charge in [0.15, 0.2) is 11.5 Å². The number of hydrogen-bond donors (Lipinski definition) is 2. The van der Waals surface area contributed by atoms with Crippen LogP contribution in [0.25, 0.3) is 0 Å². The highest BCUT2D eigenvalue weighted by molar-refractivity contribution is 7.39. The van der Waals surface area contributed by atoms with Crippen molar-refractivity contribution in [2.75, 3.05) is 6.61 Å². The first kappa shape index (κ1) is 10.3. The predicted octanol–water partition coefficient (Wildman–Crippen LogP) is 1.68. The lowest BCUT2D eigenvalue weighted by Crippen LogP contribution is -1.94. The number of ether oxygens (including phenoxy) is 1. The minimum absolute atomic E-state index is 0.348. The first-order valence-electron chi connectivity index (χ1n) is 3.81. The first-order valence-corrected chi connectivity index (χ1v) is 4.98. The van der Waals surface area contributed by atoms with E-state index >= 15 is 0 Å². The molecule has 1 rings (SSSR count). The molecule has 5 heteroatoms. The molecule has 72 valence electrons. The van der Waals surface area contributed by atoms with Crippen molar-refractivity contribution in [3.8, 4) is 11.5 Å². The van der Waals surface area contributed by atoms with Crippen molar-refractivity contribution in [2.24, 2.45) is 0 Å². The molecule has 0 amide bonds. The molecule has 0 heterocycles. The normalized spacial score (nSPS) is 10.2. The fourth-order valence-electron chi connectivity index (χ4n) is 0.888. The summed E-state index contributed by atoms with van der Waals surface area (Å²) in [5.74, 6) is 0.862. The van der Waals surface area contributed by atoms with Crippen LogP contribution in [0, 0.1) is 0 Å². The Morgan fingerprint density at radius 3 is 2.38 bits per heavy atom. The van der Waals surface area contributed by atoms with Gasteiger partial charge in [0.05, 0.1) is 6.61 Å². The summed E-state index contributed by atoms with van der Waals surface area (Å²) in [7, 11) is -2.38.